The van der Waals surface area contributed by atoms with E-state index in [9.17, 15) is 0 Å². The highest BCUT2D eigenvalue weighted by Gasteiger charge is 2.01. The molecule has 0 aliphatic heterocycles. The minimum atomic E-state index is 0.258. The van der Waals surface area contributed by atoms with E-state index >= 15 is 0 Å². The maximum absolute atomic E-state index is 5.70. The van der Waals surface area contributed by atoms with Crippen LogP contribution in [0.25, 0.3) is 0 Å². The van der Waals surface area contributed by atoms with Crippen LogP contribution in [0, 0.1) is 6.92 Å². The van der Waals surface area contributed by atoms with Crippen molar-refractivity contribution in [2.45, 2.75) is 6.92 Å². The van der Waals surface area contributed by atoms with Crippen molar-refractivity contribution >= 4 is 17.3 Å². The van der Waals surface area contributed by atoms with Crippen molar-refractivity contribution in [2.75, 3.05) is 5.73 Å². The Bertz CT molecular complexity index is 499. The van der Waals surface area contributed by atoms with E-state index in [0.29, 0.717) is 10.8 Å². The van der Waals surface area contributed by atoms with E-state index in [2.05, 4.69) is 9.97 Å². The molecule has 1 aromatic carbocycles. The number of aromatic nitrogens is 2. The second-order valence-corrected chi connectivity index (χ2v) is 3.74. The molecule has 5 heteroatoms. The van der Waals surface area contributed by atoms with Crippen molar-refractivity contribution in [3.8, 4) is 11.8 Å². The van der Waals surface area contributed by atoms with E-state index in [0.717, 1.165) is 11.3 Å². The highest BCUT2D eigenvalue weighted by atomic mass is 35.5. The fourth-order valence-electron chi connectivity index (χ4n) is 1.17. The first-order chi connectivity index (χ1) is 7.65. The number of hydrogen-bond acceptors (Lipinski definition) is 4. The molecule has 0 saturated heterocycles. The lowest BCUT2D eigenvalue weighted by atomic mass is 10.2. The first-order valence-corrected chi connectivity index (χ1v) is 5.04. The van der Waals surface area contributed by atoms with Gasteiger partial charge in [-0.05, 0) is 30.7 Å². The Hall–Kier alpha value is -1.81. The maximum atomic E-state index is 5.70. The maximum Gasteiger partial charge on any atom is 0.321 e. The first-order valence-electron chi connectivity index (χ1n) is 4.66. The first kappa shape index (κ1) is 10.7. The van der Waals surface area contributed by atoms with Crippen LogP contribution < -0.4 is 10.5 Å². The zero-order chi connectivity index (χ0) is 11.5. The number of halogens is 1. The molecule has 0 bridgehead atoms. The number of aryl methyl sites for hydroxylation is 1. The van der Waals surface area contributed by atoms with E-state index in [1.165, 1.54) is 12.4 Å². The molecule has 0 amide bonds. The minimum Gasteiger partial charge on any atom is -0.424 e. The summed E-state index contributed by atoms with van der Waals surface area (Å²) < 4.78 is 5.43. The zero-order valence-electron chi connectivity index (χ0n) is 8.64. The van der Waals surface area contributed by atoms with Crippen LogP contribution in [-0.4, -0.2) is 9.97 Å². The van der Waals surface area contributed by atoms with Crippen molar-refractivity contribution in [2.24, 2.45) is 0 Å². The summed E-state index contributed by atoms with van der Waals surface area (Å²) >= 11 is 5.66. The highest BCUT2D eigenvalue weighted by molar-refractivity contribution is 6.30. The van der Waals surface area contributed by atoms with Gasteiger partial charge in [0.2, 0.25) is 0 Å². The van der Waals surface area contributed by atoms with Gasteiger partial charge in [0.1, 0.15) is 5.75 Å². The Morgan fingerprint density at radius 2 is 1.94 bits per heavy atom. The molecule has 0 aliphatic rings. The third-order valence-corrected chi connectivity index (χ3v) is 2.24. The molecule has 82 valence electrons. The number of hydrogen-bond donors (Lipinski definition) is 1. The van der Waals surface area contributed by atoms with E-state index in [1.807, 2.05) is 13.0 Å². The van der Waals surface area contributed by atoms with Crippen molar-refractivity contribution in [1.29, 1.82) is 0 Å². The van der Waals surface area contributed by atoms with Gasteiger partial charge < -0.3 is 10.5 Å². The average Bonchev–Trinajstić information content (AvgIpc) is 2.27. The number of benzene rings is 1. The molecule has 2 rings (SSSR count). The second-order valence-electron chi connectivity index (χ2n) is 3.30. The molecule has 0 fully saturated rings. The molecule has 16 heavy (non-hydrogen) atoms. The predicted molar refractivity (Wildman–Crippen MR) is 62.7 cm³/mol. The molecule has 0 unspecified atom stereocenters. The topological polar surface area (TPSA) is 61.0 Å². The lowest BCUT2D eigenvalue weighted by Gasteiger charge is -2.05. The van der Waals surface area contributed by atoms with Crippen LogP contribution in [0.15, 0.2) is 30.6 Å². The van der Waals surface area contributed by atoms with Crippen LogP contribution in [0.2, 0.25) is 5.02 Å². The Balaban J connectivity index is 2.20. The van der Waals surface area contributed by atoms with Crippen LogP contribution in [0.4, 0.5) is 5.69 Å². The van der Waals surface area contributed by atoms with Gasteiger partial charge in [-0.2, -0.15) is 0 Å². The second kappa shape index (κ2) is 4.37. The molecule has 0 spiro atoms. The monoisotopic (exact) mass is 235 g/mol. The van der Waals surface area contributed by atoms with E-state index < -0.39 is 0 Å². The standard InChI is InChI=1S/C11H10ClN3O/c1-7-4-9(2-3-10(7)13)16-11-14-5-8(12)6-15-11/h2-6H,13H2,1H3. The van der Waals surface area contributed by atoms with E-state index in [1.54, 1.807) is 12.1 Å². The number of anilines is 1. The van der Waals surface area contributed by atoms with Crippen LogP contribution >= 0.6 is 11.6 Å². The van der Waals surface area contributed by atoms with Crippen molar-refractivity contribution in [3.63, 3.8) is 0 Å². The molecule has 1 aromatic heterocycles. The van der Waals surface area contributed by atoms with Gasteiger partial charge in [-0.25, -0.2) is 9.97 Å². The molecule has 2 N–H and O–H groups in total. The summed E-state index contributed by atoms with van der Waals surface area (Å²) in [5.74, 6) is 0.647. The largest absolute Gasteiger partial charge is 0.424 e. The Morgan fingerprint density at radius 1 is 1.25 bits per heavy atom. The molecule has 0 aliphatic carbocycles. The van der Waals surface area contributed by atoms with E-state index in [-0.39, 0.29) is 6.01 Å². The van der Waals surface area contributed by atoms with Gasteiger partial charge in [-0.15, -0.1) is 0 Å². The average molecular weight is 236 g/mol. The lowest BCUT2D eigenvalue weighted by molar-refractivity contribution is 0.441. The van der Waals surface area contributed by atoms with Crippen molar-refractivity contribution in [1.82, 2.24) is 9.97 Å². The van der Waals surface area contributed by atoms with Crippen molar-refractivity contribution < 1.29 is 4.74 Å². The van der Waals surface area contributed by atoms with Crippen LogP contribution in [-0.2, 0) is 0 Å². The Morgan fingerprint density at radius 3 is 2.56 bits per heavy atom. The molecule has 0 atom stereocenters. The minimum absolute atomic E-state index is 0.258. The molecule has 0 radical (unpaired) electrons. The van der Waals surface area contributed by atoms with Gasteiger partial charge in [0.15, 0.2) is 0 Å². The summed E-state index contributed by atoms with van der Waals surface area (Å²) in [6.45, 7) is 1.91. The van der Waals surface area contributed by atoms with Crippen molar-refractivity contribution in [3.05, 3.63) is 41.2 Å². The molecular weight excluding hydrogens is 226 g/mol. The van der Waals surface area contributed by atoms with Gasteiger partial charge in [-0.1, -0.05) is 11.6 Å². The quantitative estimate of drug-likeness (QED) is 0.813. The lowest BCUT2D eigenvalue weighted by Crippen LogP contribution is -1.93. The normalized spacial score (nSPS) is 10.1. The van der Waals surface area contributed by atoms with Gasteiger partial charge >= 0.3 is 6.01 Å². The number of ether oxygens (including phenoxy) is 1. The summed E-state index contributed by atoms with van der Waals surface area (Å²) in [7, 11) is 0. The molecular formula is C11H10ClN3O. The van der Waals surface area contributed by atoms with E-state index in [4.69, 9.17) is 22.1 Å². The van der Waals surface area contributed by atoms with Gasteiger partial charge in [0.05, 0.1) is 17.4 Å². The predicted octanol–water partition coefficient (Wildman–Crippen LogP) is 2.81. The van der Waals surface area contributed by atoms with Gasteiger partial charge in [-0.3, -0.25) is 0 Å². The Labute approximate surface area is 98.0 Å². The number of nitrogen functional groups attached to an aromatic ring is 1. The number of nitrogens with zero attached hydrogens (tertiary/aromatic N) is 2. The zero-order valence-corrected chi connectivity index (χ0v) is 9.40. The number of rotatable bonds is 2. The van der Waals surface area contributed by atoms with Crippen LogP contribution in [0.1, 0.15) is 5.56 Å². The summed E-state index contributed by atoms with van der Waals surface area (Å²) in [5, 5.41) is 0.473. The molecule has 4 nitrogen and oxygen atoms in total. The molecule has 2 aromatic rings. The Kier molecular flexibility index (Phi) is 2.92. The van der Waals surface area contributed by atoms with Crippen LogP contribution in [0.5, 0.6) is 11.8 Å². The summed E-state index contributed by atoms with van der Waals surface area (Å²) in [6.07, 6.45) is 2.96. The third-order valence-electron chi connectivity index (χ3n) is 2.05. The summed E-state index contributed by atoms with van der Waals surface area (Å²) in [5.41, 5.74) is 7.37. The molecule has 0 saturated carbocycles. The highest BCUT2D eigenvalue weighted by Crippen LogP contribution is 2.22. The number of nitrogens with two attached hydrogens (primary N) is 1. The smallest absolute Gasteiger partial charge is 0.321 e. The fraction of sp³-hybridized carbons (Fsp3) is 0.0909. The third kappa shape index (κ3) is 2.41. The fourth-order valence-corrected chi connectivity index (χ4v) is 1.27. The van der Waals surface area contributed by atoms with Gasteiger partial charge in [0, 0.05) is 5.69 Å². The van der Waals surface area contributed by atoms with Gasteiger partial charge in [0.25, 0.3) is 0 Å². The summed E-state index contributed by atoms with van der Waals surface area (Å²) in [4.78, 5) is 7.86. The van der Waals surface area contributed by atoms with Crippen LogP contribution in [0.3, 0.4) is 0 Å². The molecule has 1 heterocycles. The SMILES string of the molecule is Cc1cc(Oc2ncc(Cl)cn2)ccc1N. The summed E-state index contributed by atoms with van der Waals surface area (Å²) in [6, 6.07) is 5.63.